The molecular formula is C17H21Cl2N5O2. The van der Waals surface area contributed by atoms with E-state index in [1.807, 2.05) is 12.1 Å². The van der Waals surface area contributed by atoms with Gasteiger partial charge in [0.05, 0.1) is 37.2 Å². The van der Waals surface area contributed by atoms with Gasteiger partial charge in [-0.3, -0.25) is 4.90 Å². The summed E-state index contributed by atoms with van der Waals surface area (Å²) in [4.78, 5) is 10.8. The second-order valence-corrected chi connectivity index (χ2v) is 6.61. The molecule has 140 valence electrons. The Labute approximate surface area is 162 Å². The fourth-order valence-corrected chi connectivity index (χ4v) is 3.15. The molecule has 0 atom stereocenters. The third-order valence-corrected chi connectivity index (χ3v) is 4.68. The van der Waals surface area contributed by atoms with Gasteiger partial charge in [-0.25, -0.2) is 4.98 Å². The van der Waals surface area contributed by atoms with Gasteiger partial charge in [0.1, 0.15) is 16.6 Å². The number of hydrogen-bond donors (Lipinski definition) is 2. The fourth-order valence-electron chi connectivity index (χ4n) is 2.73. The van der Waals surface area contributed by atoms with E-state index < -0.39 is 0 Å². The summed E-state index contributed by atoms with van der Waals surface area (Å²) < 4.78 is 10.9. The number of halogens is 2. The first-order chi connectivity index (χ1) is 12.6. The molecule has 9 heteroatoms. The molecule has 0 bridgehead atoms. The minimum atomic E-state index is 0.392. The number of rotatable bonds is 6. The van der Waals surface area contributed by atoms with Crippen molar-refractivity contribution in [3.63, 3.8) is 0 Å². The number of benzene rings is 1. The molecule has 1 saturated heterocycles. The molecule has 0 amide bonds. The number of nitrogens with one attached hydrogen (secondary N) is 2. The highest BCUT2D eigenvalue weighted by atomic mass is 35.5. The van der Waals surface area contributed by atoms with Crippen LogP contribution in [0.1, 0.15) is 5.56 Å². The maximum atomic E-state index is 6.47. The van der Waals surface area contributed by atoms with Crippen molar-refractivity contribution in [2.75, 3.05) is 51.1 Å². The highest BCUT2D eigenvalue weighted by molar-refractivity contribution is 6.33. The van der Waals surface area contributed by atoms with Gasteiger partial charge < -0.3 is 20.1 Å². The minimum absolute atomic E-state index is 0.392. The van der Waals surface area contributed by atoms with Crippen molar-refractivity contribution in [3.8, 4) is 5.75 Å². The van der Waals surface area contributed by atoms with Crippen LogP contribution >= 0.6 is 23.2 Å². The predicted octanol–water partition coefficient (Wildman–Crippen LogP) is 3.41. The molecule has 0 unspecified atom stereocenters. The van der Waals surface area contributed by atoms with E-state index in [-0.39, 0.29) is 0 Å². The summed E-state index contributed by atoms with van der Waals surface area (Å²) in [6.07, 6.45) is 1.53. The Morgan fingerprint density at radius 2 is 2.00 bits per heavy atom. The van der Waals surface area contributed by atoms with Crippen LogP contribution in [-0.2, 0) is 11.3 Å². The molecular weight excluding hydrogens is 377 g/mol. The lowest BCUT2D eigenvalue weighted by molar-refractivity contribution is 0.0339. The van der Waals surface area contributed by atoms with E-state index in [0.717, 1.165) is 44.2 Å². The Morgan fingerprint density at radius 1 is 1.23 bits per heavy atom. The summed E-state index contributed by atoms with van der Waals surface area (Å²) >= 11 is 12.5. The normalized spacial score (nSPS) is 14.9. The van der Waals surface area contributed by atoms with Crippen molar-refractivity contribution in [1.29, 1.82) is 0 Å². The van der Waals surface area contributed by atoms with E-state index in [4.69, 9.17) is 32.7 Å². The number of nitrogens with zero attached hydrogens (tertiary/aromatic N) is 3. The van der Waals surface area contributed by atoms with Gasteiger partial charge in [-0.1, -0.05) is 23.2 Å². The van der Waals surface area contributed by atoms with Gasteiger partial charge in [0.15, 0.2) is 0 Å². The molecule has 1 aromatic heterocycles. The fraction of sp³-hybridized carbons (Fsp3) is 0.412. The summed E-state index contributed by atoms with van der Waals surface area (Å²) in [7, 11) is 3.39. The number of anilines is 3. The third kappa shape index (κ3) is 4.48. The lowest BCUT2D eigenvalue weighted by Gasteiger charge is -2.27. The average Bonchev–Trinajstić information content (AvgIpc) is 2.66. The number of morpholine rings is 1. The van der Waals surface area contributed by atoms with Gasteiger partial charge in [0, 0.05) is 38.3 Å². The van der Waals surface area contributed by atoms with Crippen molar-refractivity contribution in [3.05, 3.63) is 33.9 Å². The minimum Gasteiger partial charge on any atom is -0.496 e. The maximum Gasteiger partial charge on any atom is 0.229 e. The summed E-state index contributed by atoms with van der Waals surface area (Å²) in [6, 6.07) is 3.77. The molecule has 1 aliphatic rings. The molecule has 0 spiro atoms. The smallest absolute Gasteiger partial charge is 0.229 e. The second kappa shape index (κ2) is 8.73. The largest absolute Gasteiger partial charge is 0.496 e. The molecule has 2 aromatic rings. The van der Waals surface area contributed by atoms with E-state index in [1.165, 1.54) is 6.20 Å². The number of hydrogen-bond acceptors (Lipinski definition) is 7. The zero-order valence-corrected chi connectivity index (χ0v) is 16.2. The van der Waals surface area contributed by atoms with Crippen molar-refractivity contribution in [1.82, 2.24) is 14.9 Å². The van der Waals surface area contributed by atoms with E-state index >= 15 is 0 Å². The molecule has 7 nitrogen and oxygen atoms in total. The first-order valence-corrected chi connectivity index (χ1v) is 9.00. The molecule has 3 rings (SSSR count). The Hall–Kier alpha value is -1.80. The van der Waals surface area contributed by atoms with E-state index in [1.54, 1.807) is 14.2 Å². The van der Waals surface area contributed by atoms with E-state index in [9.17, 15) is 0 Å². The van der Waals surface area contributed by atoms with Crippen molar-refractivity contribution >= 4 is 40.7 Å². The number of ether oxygens (including phenoxy) is 2. The first-order valence-electron chi connectivity index (χ1n) is 8.24. The Morgan fingerprint density at radius 3 is 2.69 bits per heavy atom. The highest BCUT2D eigenvalue weighted by Gasteiger charge is 2.16. The van der Waals surface area contributed by atoms with Crippen LogP contribution in [0.5, 0.6) is 5.75 Å². The average molecular weight is 398 g/mol. The summed E-state index contributed by atoms with van der Waals surface area (Å²) in [5.41, 5.74) is 1.69. The lowest BCUT2D eigenvalue weighted by Crippen LogP contribution is -2.35. The molecule has 1 aliphatic heterocycles. The zero-order chi connectivity index (χ0) is 18.5. The standard InChI is InChI=1S/C17H21Cl2N5O2/c1-20-16-13(19)9-21-17(23-16)22-14-8-15(25-2)11(7-12(14)18)10-24-3-5-26-6-4-24/h7-9H,3-6,10H2,1-2H3,(H2,20,21,22,23). The Bertz CT molecular complexity index is 769. The van der Waals surface area contributed by atoms with Crippen molar-refractivity contribution in [2.45, 2.75) is 6.54 Å². The quantitative estimate of drug-likeness (QED) is 0.773. The van der Waals surface area contributed by atoms with E-state index in [0.29, 0.717) is 27.5 Å². The van der Waals surface area contributed by atoms with Gasteiger partial charge >= 0.3 is 0 Å². The van der Waals surface area contributed by atoms with Crippen LogP contribution in [0, 0.1) is 0 Å². The van der Waals surface area contributed by atoms with Gasteiger partial charge in [0.2, 0.25) is 5.95 Å². The molecule has 2 heterocycles. The highest BCUT2D eigenvalue weighted by Crippen LogP contribution is 2.33. The first kappa shape index (κ1) is 19.0. The van der Waals surface area contributed by atoms with Crippen LogP contribution in [0.15, 0.2) is 18.3 Å². The second-order valence-electron chi connectivity index (χ2n) is 5.80. The number of aromatic nitrogens is 2. The van der Waals surface area contributed by atoms with E-state index in [2.05, 4.69) is 25.5 Å². The van der Waals surface area contributed by atoms with Crippen molar-refractivity contribution < 1.29 is 9.47 Å². The topological polar surface area (TPSA) is 71.5 Å². The summed E-state index contributed by atoms with van der Waals surface area (Å²) in [5, 5.41) is 7.05. The van der Waals surface area contributed by atoms with Gasteiger partial charge in [-0.15, -0.1) is 0 Å². The number of methoxy groups -OCH3 is 1. The van der Waals surface area contributed by atoms with Gasteiger partial charge in [0.25, 0.3) is 0 Å². The Kier molecular flexibility index (Phi) is 6.37. The molecule has 1 fully saturated rings. The van der Waals surface area contributed by atoms with Crippen LogP contribution in [0.4, 0.5) is 17.5 Å². The maximum absolute atomic E-state index is 6.47. The van der Waals surface area contributed by atoms with Crippen LogP contribution < -0.4 is 15.4 Å². The predicted molar refractivity (Wildman–Crippen MR) is 104 cm³/mol. The monoisotopic (exact) mass is 397 g/mol. The van der Waals surface area contributed by atoms with Crippen LogP contribution in [0.25, 0.3) is 0 Å². The Balaban J connectivity index is 1.82. The van der Waals surface area contributed by atoms with Crippen LogP contribution in [-0.4, -0.2) is 55.3 Å². The molecule has 2 N–H and O–H groups in total. The molecule has 0 saturated carbocycles. The molecule has 26 heavy (non-hydrogen) atoms. The summed E-state index contributed by atoms with van der Waals surface area (Å²) in [6.45, 7) is 4.04. The third-order valence-electron chi connectivity index (χ3n) is 4.10. The van der Waals surface area contributed by atoms with Crippen LogP contribution in [0.3, 0.4) is 0 Å². The SMILES string of the molecule is CNc1nc(Nc2cc(OC)c(CN3CCOCC3)cc2Cl)ncc1Cl. The molecule has 1 aromatic carbocycles. The van der Waals surface area contributed by atoms with Crippen LogP contribution in [0.2, 0.25) is 10.0 Å². The summed E-state index contributed by atoms with van der Waals surface area (Å²) in [5.74, 6) is 1.69. The lowest BCUT2D eigenvalue weighted by atomic mass is 10.1. The van der Waals surface area contributed by atoms with Crippen molar-refractivity contribution in [2.24, 2.45) is 0 Å². The van der Waals surface area contributed by atoms with Gasteiger partial charge in [-0.05, 0) is 6.07 Å². The molecule has 0 aliphatic carbocycles. The molecule has 0 radical (unpaired) electrons. The zero-order valence-electron chi connectivity index (χ0n) is 14.7. The van der Waals surface area contributed by atoms with Gasteiger partial charge in [-0.2, -0.15) is 4.98 Å².